The van der Waals surface area contributed by atoms with Crippen LogP contribution < -0.4 is 5.32 Å². The highest BCUT2D eigenvalue weighted by atomic mass is 19.1. The fourth-order valence-corrected chi connectivity index (χ4v) is 2.41. The highest BCUT2D eigenvalue weighted by Crippen LogP contribution is 2.11. The van der Waals surface area contributed by atoms with Crippen LogP contribution in [0.25, 0.3) is 0 Å². The summed E-state index contributed by atoms with van der Waals surface area (Å²) in [6.07, 6.45) is 5.29. The van der Waals surface area contributed by atoms with Crippen molar-refractivity contribution in [3.8, 4) is 0 Å². The fourth-order valence-electron chi connectivity index (χ4n) is 2.41. The maximum Gasteiger partial charge on any atom is 0.141 e. The summed E-state index contributed by atoms with van der Waals surface area (Å²) in [5, 5.41) is 3.26. The molecule has 1 aromatic rings. The van der Waals surface area contributed by atoms with E-state index >= 15 is 0 Å². The predicted molar refractivity (Wildman–Crippen MR) is 72.1 cm³/mol. The van der Waals surface area contributed by atoms with Gasteiger partial charge < -0.3 is 10.2 Å². The number of rotatable bonds is 5. The third kappa shape index (κ3) is 4.26. The first-order chi connectivity index (χ1) is 8.74. The van der Waals surface area contributed by atoms with Crippen LogP contribution in [0.15, 0.2) is 18.3 Å². The molecular weight excluding hydrogens is 229 g/mol. The van der Waals surface area contributed by atoms with Gasteiger partial charge in [0, 0.05) is 13.1 Å². The van der Waals surface area contributed by atoms with Crippen LogP contribution in [0.1, 0.15) is 26.2 Å². The first kappa shape index (κ1) is 13.3. The average molecular weight is 251 g/mol. The van der Waals surface area contributed by atoms with Gasteiger partial charge in [-0.1, -0.05) is 13.3 Å². The van der Waals surface area contributed by atoms with Gasteiger partial charge in [0.2, 0.25) is 0 Å². The molecule has 1 unspecified atom stereocenters. The van der Waals surface area contributed by atoms with Crippen molar-refractivity contribution < 1.29 is 4.39 Å². The van der Waals surface area contributed by atoms with E-state index in [1.165, 1.54) is 44.6 Å². The van der Waals surface area contributed by atoms with Gasteiger partial charge in [-0.3, -0.25) is 0 Å². The molecule has 1 aromatic heterocycles. The predicted octanol–water partition coefficient (Wildman–Crippen LogP) is 2.75. The zero-order chi connectivity index (χ0) is 12.8. The van der Waals surface area contributed by atoms with Crippen molar-refractivity contribution in [2.75, 3.05) is 31.5 Å². The van der Waals surface area contributed by atoms with Crippen LogP contribution in [-0.4, -0.2) is 36.1 Å². The maximum absolute atomic E-state index is 12.7. The van der Waals surface area contributed by atoms with E-state index in [9.17, 15) is 4.39 Å². The molecule has 0 aliphatic carbocycles. The molecule has 2 heterocycles. The molecule has 18 heavy (non-hydrogen) atoms. The van der Waals surface area contributed by atoms with Crippen molar-refractivity contribution in [1.29, 1.82) is 0 Å². The minimum absolute atomic E-state index is 0.290. The van der Waals surface area contributed by atoms with Crippen LogP contribution in [0.5, 0.6) is 0 Å². The highest BCUT2D eigenvalue weighted by molar-refractivity contribution is 5.33. The molecule has 1 atom stereocenters. The van der Waals surface area contributed by atoms with Crippen LogP contribution in [-0.2, 0) is 0 Å². The van der Waals surface area contributed by atoms with Crippen molar-refractivity contribution >= 4 is 5.82 Å². The Balaban J connectivity index is 1.70. The van der Waals surface area contributed by atoms with E-state index in [-0.39, 0.29) is 5.82 Å². The first-order valence-electron chi connectivity index (χ1n) is 6.82. The minimum Gasteiger partial charge on any atom is -0.370 e. The van der Waals surface area contributed by atoms with E-state index in [4.69, 9.17) is 0 Å². The van der Waals surface area contributed by atoms with Gasteiger partial charge in [-0.2, -0.15) is 0 Å². The van der Waals surface area contributed by atoms with Crippen molar-refractivity contribution in [1.82, 2.24) is 9.88 Å². The molecule has 0 amide bonds. The van der Waals surface area contributed by atoms with Gasteiger partial charge in [0.1, 0.15) is 11.6 Å². The monoisotopic (exact) mass is 251 g/mol. The van der Waals surface area contributed by atoms with Gasteiger partial charge in [-0.25, -0.2) is 9.37 Å². The van der Waals surface area contributed by atoms with Crippen LogP contribution in [0.4, 0.5) is 10.2 Å². The van der Waals surface area contributed by atoms with Gasteiger partial charge in [0.05, 0.1) is 6.20 Å². The van der Waals surface area contributed by atoms with E-state index in [1.807, 2.05) is 0 Å². The van der Waals surface area contributed by atoms with Crippen LogP contribution in [0.3, 0.4) is 0 Å². The van der Waals surface area contributed by atoms with Gasteiger partial charge in [-0.15, -0.1) is 0 Å². The molecule has 4 heteroatoms. The lowest BCUT2D eigenvalue weighted by molar-refractivity contribution is 0.204. The first-order valence-corrected chi connectivity index (χ1v) is 6.82. The Morgan fingerprint density at radius 3 is 2.78 bits per heavy atom. The molecule has 0 bridgehead atoms. The number of halogens is 1. The number of aromatic nitrogens is 1. The standard InChI is InChI=1S/C14H22FN3/c1-12(11-18-7-3-2-4-8-18)9-16-14-6-5-13(15)10-17-14/h5-6,10,12H,2-4,7-9,11H2,1H3,(H,16,17). The Labute approximate surface area is 108 Å². The third-order valence-electron chi connectivity index (χ3n) is 3.38. The second-order valence-corrected chi connectivity index (χ2v) is 5.21. The van der Waals surface area contributed by atoms with E-state index in [0.717, 1.165) is 18.9 Å². The lowest BCUT2D eigenvalue weighted by Crippen LogP contribution is -2.35. The molecule has 1 fully saturated rings. The van der Waals surface area contributed by atoms with Crippen molar-refractivity contribution in [3.05, 3.63) is 24.1 Å². The summed E-state index contributed by atoms with van der Waals surface area (Å²) in [4.78, 5) is 6.53. The minimum atomic E-state index is -0.290. The topological polar surface area (TPSA) is 28.2 Å². The molecule has 3 nitrogen and oxygen atoms in total. The highest BCUT2D eigenvalue weighted by Gasteiger charge is 2.13. The summed E-state index contributed by atoms with van der Waals surface area (Å²) in [6, 6.07) is 3.12. The van der Waals surface area contributed by atoms with Gasteiger partial charge in [-0.05, 0) is 44.0 Å². The summed E-state index contributed by atoms with van der Waals surface area (Å²) in [6.45, 7) is 6.73. The molecular formula is C14H22FN3. The second-order valence-electron chi connectivity index (χ2n) is 5.21. The molecule has 0 aromatic carbocycles. The Kier molecular flexibility index (Phi) is 4.93. The molecule has 0 spiro atoms. The Hall–Kier alpha value is -1.16. The molecule has 100 valence electrons. The SMILES string of the molecule is CC(CNc1ccc(F)cn1)CN1CCCCC1. The third-order valence-corrected chi connectivity index (χ3v) is 3.38. The Bertz CT molecular complexity index is 347. The molecule has 1 aliphatic heterocycles. The van der Waals surface area contributed by atoms with E-state index in [1.54, 1.807) is 6.07 Å². The fraction of sp³-hybridized carbons (Fsp3) is 0.643. The number of anilines is 1. The second kappa shape index (κ2) is 6.69. The number of nitrogens with zero attached hydrogens (tertiary/aromatic N) is 2. The smallest absolute Gasteiger partial charge is 0.141 e. The summed E-state index contributed by atoms with van der Waals surface area (Å²) in [7, 11) is 0. The van der Waals surface area contributed by atoms with E-state index in [0.29, 0.717) is 5.92 Å². The van der Waals surface area contributed by atoms with Gasteiger partial charge in [0.25, 0.3) is 0 Å². The number of hydrogen-bond donors (Lipinski definition) is 1. The van der Waals surface area contributed by atoms with Gasteiger partial charge >= 0.3 is 0 Å². The summed E-state index contributed by atoms with van der Waals surface area (Å²) in [5.41, 5.74) is 0. The van der Waals surface area contributed by atoms with Crippen molar-refractivity contribution in [3.63, 3.8) is 0 Å². The number of piperidine rings is 1. The zero-order valence-electron chi connectivity index (χ0n) is 11.0. The van der Waals surface area contributed by atoms with Crippen LogP contribution >= 0.6 is 0 Å². The molecule has 2 rings (SSSR count). The zero-order valence-corrected chi connectivity index (χ0v) is 11.0. The summed E-state index contributed by atoms with van der Waals surface area (Å²) < 4.78 is 12.7. The molecule has 1 aliphatic rings. The molecule has 1 N–H and O–H groups in total. The van der Waals surface area contributed by atoms with Crippen LogP contribution in [0.2, 0.25) is 0 Å². The number of likely N-dealkylation sites (tertiary alicyclic amines) is 1. The lowest BCUT2D eigenvalue weighted by atomic mass is 10.1. The van der Waals surface area contributed by atoms with E-state index in [2.05, 4.69) is 22.1 Å². The molecule has 0 saturated carbocycles. The van der Waals surface area contributed by atoms with Crippen LogP contribution in [0, 0.1) is 11.7 Å². The Morgan fingerprint density at radius 1 is 1.33 bits per heavy atom. The normalized spacial score (nSPS) is 18.6. The van der Waals surface area contributed by atoms with Gasteiger partial charge in [0.15, 0.2) is 0 Å². The summed E-state index contributed by atoms with van der Waals surface area (Å²) in [5.74, 6) is 1.04. The Morgan fingerprint density at radius 2 is 2.11 bits per heavy atom. The number of hydrogen-bond acceptors (Lipinski definition) is 3. The van der Waals surface area contributed by atoms with Crippen molar-refractivity contribution in [2.45, 2.75) is 26.2 Å². The number of pyridine rings is 1. The maximum atomic E-state index is 12.7. The molecule has 0 radical (unpaired) electrons. The van der Waals surface area contributed by atoms with E-state index < -0.39 is 0 Å². The van der Waals surface area contributed by atoms with Crippen molar-refractivity contribution in [2.24, 2.45) is 5.92 Å². The average Bonchev–Trinajstić information content (AvgIpc) is 2.39. The molecule has 1 saturated heterocycles. The lowest BCUT2D eigenvalue weighted by Gasteiger charge is -2.29. The number of nitrogens with one attached hydrogen (secondary N) is 1. The summed E-state index contributed by atoms with van der Waals surface area (Å²) >= 11 is 0. The quantitative estimate of drug-likeness (QED) is 0.872. The largest absolute Gasteiger partial charge is 0.370 e.